The molecule has 1 amide bonds. The second-order valence-corrected chi connectivity index (χ2v) is 6.14. The Bertz CT molecular complexity index is 494. The van der Waals surface area contributed by atoms with Crippen molar-refractivity contribution in [3.8, 4) is 0 Å². The van der Waals surface area contributed by atoms with Gasteiger partial charge in [0.1, 0.15) is 5.01 Å². The number of hydrogen-bond acceptors (Lipinski definition) is 5. The molecule has 5 nitrogen and oxygen atoms in total. The Hall–Kier alpha value is -1.43. The summed E-state index contributed by atoms with van der Waals surface area (Å²) in [5.74, 6) is -0.261. The van der Waals surface area contributed by atoms with Crippen molar-refractivity contribution in [1.29, 1.82) is 0 Å². The van der Waals surface area contributed by atoms with Gasteiger partial charge >= 0.3 is 5.97 Å². The van der Waals surface area contributed by atoms with Crippen LogP contribution in [-0.2, 0) is 16.1 Å². The molecule has 1 heterocycles. The van der Waals surface area contributed by atoms with E-state index in [9.17, 15) is 9.59 Å². The molecule has 0 unspecified atom stereocenters. The number of amides is 1. The normalized spacial score (nSPS) is 14.4. The molecule has 0 aromatic carbocycles. The van der Waals surface area contributed by atoms with Gasteiger partial charge in [-0.15, -0.1) is 11.3 Å². The van der Waals surface area contributed by atoms with Crippen LogP contribution >= 0.6 is 11.3 Å². The summed E-state index contributed by atoms with van der Waals surface area (Å²) >= 11 is 1.40. The summed E-state index contributed by atoms with van der Waals surface area (Å²) in [5.41, 5.74) is 0.333. The first kappa shape index (κ1) is 15.0. The van der Waals surface area contributed by atoms with Crippen molar-refractivity contribution in [2.24, 2.45) is 5.92 Å². The van der Waals surface area contributed by atoms with Crippen molar-refractivity contribution in [3.63, 3.8) is 0 Å². The molecule has 1 aromatic rings. The van der Waals surface area contributed by atoms with Gasteiger partial charge in [0, 0.05) is 17.3 Å². The molecule has 0 bridgehead atoms. The number of carbonyl (C=O) groups is 2. The Morgan fingerprint density at radius 3 is 2.75 bits per heavy atom. The molecule has 6 heteroatoms. The minimum Gasteiger partial charge on any atom is -0.461 e. The van der Waals surface area contributed by atoms with Crippen molar-refractivity contribution in [2.45, 2.75) is 46.2 Å². The van der Waals surface area contributed by atoms with Crippen LogP contribution in [0.1, 0.15) is 49.1 Å². The van der Waals surface area contributed by atoms with Gasteiger partial charge in [-0.05, 0) is 19.8 Å². The van der Waals surface area contributed by atoms with Crippen LogP contribution in [0.15, 0.2) is 5.38 Å². The second kappa shape index (κ2) is 6.35. The van der Waals surface area contributed by atoms with E-state index < -0.39 is 5.97 Å². The SMILES string of the molecule is CCOC(=O)c1csc(CN(C(=O)C(C)C)C2CC2)n1. The van der Waals surface area contributed by atoms with Gasteiger partial charge in [0.2, 0.25) is 5.91 Å². The van der Waals surface area contributed by atoms with Crippen LogP contribution in [0.3, 0.4) is 0 Å². The monoisotopic (exact) mass is 296 g/mol. The van der Waals surface area contributed by atoms with Crippen molar-refractivity contribution in [1.82, 2.24) is 9.88 Å². The Labute approximate surface area is 122 Å². The minimum absolute atomic E-state index is 0.0138. The van der Waals surface area contributed by atoms with E-state index in [1.165, 1.54) is 11.3 Å². The number of carbonyl (C=O) groups excluding carboxylic acids is 2. The average molecular weight is 296 g/mol. The lowest BCUT2D eigenvalue weighted by molar-refractivity contribution is -0.135. The fraction of sp³-hybridized carbons (Fsp3) is 0.643. The van der Waals surface area contributed by atoms with Gasteiger partial charge in [0.25, 0.3) is 0 Å². The lowest BCUT2D eigenvalue weighted by Gasteiger charge is -2.23. The molecule has 0 spiro atoms. The standard InChI is InChI=1S/C14H20N2O3S/c1-4-19-14(18)11-8-20-12(15-11)7-16(10-5-6-10)13(17)9(2)3/h8-10H,4-7H2,1-3H3. The van der Waals surface area contributed by atoms with Gasteiger partial charge in [-0.3, -0.25) is 4.79 Å². The van der Waals surface area contributed by atoms with Crippen LogP contribution in [0.5, 0.6) is 0 Å². The number of thiazole rings is 1. The highest BCUT2D eigenvalue weighted by molar-refractivity contribution is 7.09. The fourth-order valence-electron chi connectivity index (χ4n) is 1.93. The largest absolute Gasteiger partial charge is 0.461 e. The van der Waals surface area contributed by atoms with Gasteiger partial charge < -0.3 is 9.64 Å². The van der Waals surface area contributed by atoms with Gasteiger partial charge in [-0.25, -0.2) is 9.78 Å². The molecule has 2 rings (SSSR count). The maximum atomic E-state index is 12.2. The molecular weight excluding hydrogens is 276 g/mol. The fourth-order valence-corrected chi connectivity index (χ4v) is 2.69. The third-order valence-corrected chi connectivity index (χ3v) is 3.94. The second-order valence-electron chi connectivity index (χ2n) is 5.20. The third kappa shape index (κ3) is 3.56. The molecule has 1 aliphatic rings. The predicted octanol–water partition coefficient (Wildman–Crippen LogP) is 2.47. The van der Waals surface area contributed by atoms with Crippen LogP contribution in [-0.4, -0.2) is 34.4 Å². The Balaban J connectivity index is 2.04. The first-order chi connectivity index (χ1) is 9.52. The Morgan fingerprint density at radius 2 is 2.20 bits per heavy atom. The number of aromatic nitrogens is 1. The highest BCUT2D eigenvalue weighted by Crippen LogP contribution is 2.30. The first-order valence-electron chi connectivity index (χ1n) is 6.95. The molecule has 0 radical (unpaired) electrons. The lowest BCUT2D eigenvalue weighted by atomic mass is 10.2. The number of ether oxygens (including phenoxy) is 1. The quantitative estimate of drug-likeness (QED) is 0.757. The van der Waals surface area contributed by atoms with Crippen molar-refractivity contribution >= 4 is 23.2 Å². The molecule has 1 aromatic heterocycles. The van der Waals surface area contributed by atoms with Gasteiger partial charge in [-0.2, -0.15) is 0 Å². The van der Waals surface area contributed by atoms with E-state index in [0.29, 0.717) is 24.9 Å². The number of nitrogens with zero attached hydrogens (tertiary/aromatic N) is 2. The average Bonchev–Trinajstić information content (AvgIpc) is 3.14. The van der Waals surface area contributed by atoms with Crippen LogP contribution in [0.4, 0.5) is 0 Å². The zero-order chi connectivity index (χ0) is 14.7. The molecule has 0 saturated heterocycles. The van der Waals surface area contributed by atoms with Crippen molar-refractivity contribution in [2.75, 3.05) is 6.61 Å². The van der Waals surface area contributed by atoms with E-state index in [1.807, 2.05) is 18.7 Å². The van der Waals surface area contributed by atoms with Gasteiger partial charge in [0.15, 0.2) is 5.69 Å². The summed E-state index contributed by atoms with van der Waals surface area (Å²) in [6.07, 6.45) is 2.13. The lowest BCUT2D eigenvalue weighted by Crippen LogP contribution is -2.35. The van der Waals surface area contributed by atoms with Crippen LogP contribution in [0, 0.1) is 5.92 Å². The summed E-state index contributed by atoms with van der Waals surface area (Å²) < 4.78 is 4.92. The highest BCUT2D eigenvalue weighted by Gasteiger charge is 2.34. The number of esters is 1. The molecule has 0 atom stereocenters. The minimum atomic E-state index is -0.400. The van der Waals surface area contributed by atoms with Gasteiger partial charge in [-0.1, -0.05) is 13.8 Å². The summed E-state index contributed by atoms with van der Waals surface area (Å²) in [4.78, 5) is 29.9. The summed E-state index contributed by atoms with van der Waals surface area (Å²) in [5, 5.41) is 2.48. The maximum absolute atomic E-state index is 12.2. The van der Waals surface area contributed by atoms with E-state index in [-0.39, 0.29) is 11.8 Å². The Morgan fingerprint density at radius 1 is 1.50 bits per heavy atom. The van der Waals surface area contributed by atoms with E-state index in [1.54, 1.807) is 12.3 Å². The van der Waals surface area contributed by atoms with Crippen LogP contribution in [0.25, 0.3) is 0 Å². The molecule has 1 fully saturated rings. The molecule has 0 N–H and O–H groups in total. The third-order valence-electron chi connectivity index (χ3n) is 3.11. The highest BCUT2D eigenvalue weighted by atomic mass is 32.1. The van der Waals surface area contributed by atoms with E-state index in [4.69, 9.17) is 4.74 Å². The predicted molar refractivity (Wildman–Crippen MR) is 76.5 cm³/mol. The van der Waals surface area contributed by atoms with E-state index in [2.05, 4.69) is 4.98 Å². The topological polar surface area (TPSA) is 59.5 Å². The van der Waals surface area contributed by atoms with Crippen molar-refractivity contribution in [3.05, 3.63) is 16.1 Å². The van der Waals surface area contributed by atoms with Gasteiger partial charge in [0.05, 0.1) is 13.2 Å². The Kier molecular flexibility index (Phi) is 4.75. The molecule has 110 valence electrons. The number of hydrogen-bond donors (Lipinski definition) is 0. The molecule has 20 heavy (non-hydrogen) atoms. The number of rotatable bonds is 6. The summed E-state index contributed by atoms with van der Waals surface area (Å²) in [6.45, 7) is 6.41. The van der Waals surface area contributed by atoms with E-state index in [0.717, 1.165) is 17.8 Å². The first-order valence-corrected chi connectivity index (χ1v) is 7.82. The zero-order valence-corrected chi connectivity index (χ0v) is 12.9. The van der Waals surface area contributed by atoms with Crippen LogP contribution < -0.4 is 0 Å². The van der Waals surface area contributed by atoms with E-state index >= 15 is 0 Å². The maximum Gasteiger partial charge on any atom is 0.357 e. The summed E-state index contributed by atoms with van der Waals surface area (Å²) in [6, 6.07) is 0.347. The summed E-state index contributed by atoms with van der Waals surface area (Å²) in [7, 11) is 0. The molecule has 0 aliphatic heterocycles. The molecule has 1 aliphatic carbocycles. The van der Waals surface area contributed by atoms with Crippen LogP contribution in [0.2, 0.25) is 0 Å². The zero-order valence-electron chi connectivity index (χ0n) is 12.1. The van der Waals surface area contributed by atoms with Crippen molar-refractivity contribution < 1.29 is 14.3 Å². The molecular formula is C14H20N2O3S. The molecule has 1 saturated carbocycles. The smallest absolute Gasteiger partial charge is 0.357 e.